The smallest absolute Gasteiger partial charge is 0.214 e. The van der Waals surface area contributed by atoms with Gasteiger partial charge in [0, 0.05) is 31.7 Å². The normalized spacial score (nSPS) is 16.4. The van der Waals surface area contributed by atoms with Crippen molar-refractivity contribution >= 4 is 38.1 Å². The van der Waals surface area contributed by atoms with Crippen LogP contribution in [0.1, 0.15) is 41.4 Å². The van der Waals surface area contributed by atoms with Crippen molar-refractivity contribution in [3.63, 3.8) is 0 Å². The number of ketones is 1. The summed E-state index contributed by atoms with van der Waals surface area (Å²) in [6.07, 6.45) is 1.65. The number of anilines is 2. The third kappa shape index (κ3) is 7.42. The van der Waals surface area contributed by atoms with Crippen molar-refractivity contribution in [2.24, 2.45) is 0 Å². The van der Waals surface area contributed by atoms with Gasteiger partial charge >= 0.3 is 0 Å². The first-order valence-corrected chi connectivity index (χ1v) is 14.3. The molecule has 0 aliphatic carbocycles. The first-order valence-electron chi connectivity index (χ1n) is 11.9. The topological polar surface area (TPSA) is 121 Å². The summed E-state index contributed by atoms with van der Waals surface area (Å²) in [5, 5.41) is 6.87. The molecule has 0 spiro atoms. The maximum absolute atomic E-state index is 14.0. The number of carbonyl (C=O) groups is 1. The van der Waals surface area contributed by atoms with E-state index in [1.54, 1.807) is 0 Å². The van der Waals surface area contributed by atoms with Gasteiger partial charge in [-0.3, -0.25) is 4.79 Å². The van der Waals surface area contributed by atoms with Gasteiger partial charge in [-0.15, -0.1) is 0 Å². The molecule has 1 fully saturated rings. The Kier molecular flexibility index (Phi) is 9.75. The van der Waals surface area contributed by atoms with Gasteiger partial charge in [-0.25, -0.2) is 26.5 Å². The van der Waals surface area contributed by atoms with Crippen LogP contribution in [0.5, 0.6) is 0 Å². The summed E-state index contributed by atoms with van der Waals surface area (Å²) >= 11 is 0.927. The van der Waals surface area contributed by atoms with E-state index in [0.29, 0.717) is 44.0 Å². The third-order valence-electron chi connectivity index (χ3n) is 5.94. The minimum absolute atomic E-state index is 0.0463. The lowest BCUT2D eigenvalue weighted by Crippen LogP contribution is -2.43. The average molecular weight is 545 g/mol. The quantitative estimate of drug-likeness (QED) is 0.275. The number of thiazole rings is 1. The maximum atomic E-state index is 14.0. The summed E-state index contributed by atoms with van der Waals surface area (Å²) < 4.78 is 55.0. The Labute approximate surface area is 215 Å². The van der Waals surface area contributed by atoms with E-state index in [4.69, 9.17) is 5.73 Å². The summed E-state index contributed by atoms with van der Waals surface area (Å²) in [5.74, 6) is -2.80. The van der Waals surface area contributed by atoms with Crippen molar-refractivity contribution in [3.05, 3.63) is 40.3 Å². The molecule has 2 heterocycles. The van der Waals surface area contributed by atoms with E-state index < -0.39 is 33.0 Å². The van der Waals surface area contributed by atoms with Crippen LogP contribution in [0.4, 0.5) is 19.7 Å². The van der Waals surface area contributed by atoms with Crippen molar-refractivity contribution in [2.75, 3.05) is 57.1 Å². The lowest BCUT2D eigenvalue weighted by Gasteiger charge is -2.31. The molecule has 3 rings (SSSR count). The molecule has 200 valence electrons. The van der Waals surface area contributed by atoms with Gasteiger partial charge < -0.3 is 21.3 Å². The van der Waals surface area contributed by atoms with Crippen LogP contribution in [0, 0.1) is 11.6 Å². The monoisotopic (exact) mass is 544 g/mol. The molecular formula is C23H34F2N6O3S2. The van der Waals surface area contributed by atoms with Crippen LogP contribution in [0.3, 0.4) is 0 Å². The maximum Gasteiger partial charge on any atom is 0.214 e. The number of halogens is 2. The minimum atomic E-state index is -3.35. The van der Waals surface area contributed by atoms with Gasteiger partial charge in [-0.05, 0) is 59.0 Å². The Morgan fingerprint density at radius 1 is 1.28 bits per heavy atom. The summed E-state index contributed by atoms with van der Waals surface area (Å²) in [4.78, 5) is 18.8. The van der Waals surface area contributed by atoms with Crippen molar-refractivity contribution in [1.29, 1.82) is 0 Å². The van der Waals surface area contributed by atoms with Gasteiger partial charge in [0.1, 0.15) is 22.3 Å². The Balaban J connectivity index is 1.50. The molecule has 1 aliphatic rings. The second-order valence-electron chi connectivity index (χ2n) is 9.26. The number of sulfonamides is 1. The Morgan fingerprint density at radius 2 is 1.92 bits per heavy atom. The molecule has 1 aromatic carbocycles. The lowest BCUT2D eigenvalue weighted by molar-refractivity contribution is 0.103. The van der Waals surface area contributed by atoms with E-state index in [2.05, 4.69) is 27.4 Å². The molecule has 13 heteroatoms. The largest absolute Gasteiger partial charge is 0.382 e. The van der Waals surface area contributed by atoms with Crippen molar-refractivity contribution < 1.29 is 22.0 Å². The fraction of sp³-hybridized carbons (Fsp3) is 0.565. The number of hydrogen-bond donors (Lipinski definition) is 3. The highest BCUT2D eigenvalue weighted by atomic mass is 32.2. The molecule has 1 aliphatic heterocycles. The standard InChI is InChI=1S/C23H34F2N6O3S2/c1-15(14-30(2)3)27-10-5-13-36(33,34)31-11-8-16(9-12-31)28-23-29-22(26)21(35-23)20(32)19-17(24)6-4-7-18(19)25/h4,6-7,15-16,27H,5,8-14,26H2,1-3H3,(H,28,29). The first kappa shape index (κ1) is 28.4. The number of aromatic nitrogens is 1. The van der Waals surface area contributed by atoms with Crippen LogP contribution in [0.15, 0.2) is 18.2 Å². The number of nitrogens with two attached hydrogens (primary N) is 1. The SMILES string of the molecule is CC(CN(C)C)NCCCS(=O)(=O)N1CCC(Nc2nc(N)c(C(=O)c3c(F)cccc3F)s2)CC1. The van der Waals surface area contributed by atoms with Gasteiger partial charge in [0.05, 0.1) is 11.3 Å². The highest BCUT2D eigenvalue weighted by Crippen LogP contribution is 2.30. The Bertz CT molecular complexity index is 1130. The molecule has 0 radical (unpaired) electrons. The number of nitrogen functional groups attached to an aromatic ring is 1. The van der Waals surface area contributed by atoms with Gasteiger partial charge in [0.2, 0.25) is 15.8 Å². The van der Waals surface area contributed by atoms with Crippen molar-refractivity contribution in [2.45, 2.75) is 38.3 Å². The van der Waals surface area contributed by atoms with Crippen LogP contribution < -0.4 is 16.4 Å². The molecular weight excluding hydrogens is 510 g/mol. The zero-order valence-corrected chi connectivity index (χ0v) is 22.4. The number of piperidine rings is 1. The highest BCUT2D eigenvalue weighted by molar-refractivity contribution is 7.89. The number of rotatable bonds is 12. The summed E-state index contributed by atoms with van der Waals surface area (Å²) in [6, 6.07) is 3.42. The first-order chi connectivity index (χ1) is 17.0. The molecule has 2 aromatic rings. The summed E-state index contributed by atoms with van der Waals surface area (Å²) in [6.45, 7) is 4.33. The molecule has 1 atom stereocenters. The molecule has 0 bridgehead atoms. The number of nitrogens with one attached hydrogen (secondary N) is 2. The number of hydrogen-bond acceptors (Lipinski definition) is 9. The van der Waals surface area contributed by atoms with E-state index in [-0.39, 0.29) is 28.5 Å². The highest BCUT2D eigenvalue weighted by Gasteiger charge is 2.29. The fourth-order valence-electron chi connectivity index (χ4n) is 4.18. The second-order valence-corrected chi connectivity index (χ2v) is 12.4. The van der Waals surface area contributed by atoms with Crippen molar-refractivity contribution in [3.8, 4) is 0 Å². The van der Waals surface area contributed by atoms with Gasteiger partial charge in [-0.1, -0.05) is 17.4 Å². The molecule has 4 N–H and O–H groups in total. The third-order valence-corrected chi connectivity index (χ3v) is 8.89. The van der Waals surface area contributed by atoms with E-state index in [0.717, 1.165) is 30.0 Å². The molecule has 36 heavy (non-hydrogen) atoms. The average Bonchev–Trinajstić information content (AvgIpc) is 3.16. The van der Waals surface area contributed by atoms with E-state index >= 15 is 0 Å². The molecule has 0 amide bonds. The van der Waals surface area contributed by atoms with Crippen LogP contribution in [-0.4, -0.2) is 86.5 Å². The molecule has 9 nitrogen and oxygen atoms in total. The predicted molar refractivity (Wildman–Crippen MR) is 139 cm³/mol. The summed E-state index contributed by atoms with van der Waals surface area (Å²) in [7, 11) is 0.645. The van der Waals surface area contributed by atoms with Crippen LogP contribution in [-0.2, 0) is 10.0 Å². The van der Waals surface area contributed by atoms with Crippen LogP contribution >= 0.6 is 11.3 Å². The number of nitrogens with zero attached hydrogens (tertiary/aromatic N) is 3. The lowest BCUT2D eigenvalue weighted by atomic mass is 10.1. The number of likely N-dealkylation sites (N-methyl/N-ethyl adjacent to an activating group) is 1. The minimum Gasteiger partial charge on any atom is -0.382 e. The Hall–Kier alpha value is -2.19. The molecule has 1 aromatic heterocycles. The van der Waals surface area contributed by atoms with Crippen LogP contribution in [0.25, 0.3) is 0 Å². The molecule has 0 saturated carbocycles. The van der Waals surface area contributed by atoms with Gasteiger partial charge in [0.15, 0.2) is 5.13 Å². The number of benzene rings is 1. The fourth-order valence-corrected chi connectivity index (χ4v) is 6.62. The predicted octanol–water partition coefficient (Wildman–Crippen LogP) is 2.37. The zero-order valence-electron chi connectivity index (χ0n) is 20.8. The second kappa shape index (κ2) is 12.4. The van der Waals surface area contributed by atoms with E-state index in [1.165, 1.54) is 10.4 Å². The van der Waals surface area contributed by atoms with E-state index in [9.17, 15) is 22.0 Å². The van der Waals surface area contributed by atoms with E-state index in [1.807, 2.05) is 14.1 Å². The molecule has 1 saturated heterocycles. The van der Waals surface area contributed by atoms with Crippen LogP contribution in [0.2, 0.25) is 0 Å². The van der Waals surface area contributed by atoms with Crippen molar-refractivity contribution in [1.82, 2.24) is 19.5 Å². The summed E-state index contributed by atoms with van der Waals surface area (Å²) in [5.41, 5.74) is 5.20. The zero-order chi connectivity index (χ0) is 26.5. The van der Waals surface area contributed by atoms with Gasteiger partial charge in [0.25, 0.3) is 0 Å². The Morgan fingerprint density at radius 3 is 2.53 bits per heavy atom. The van der Waals surface area contributed by atoms with Gasteiger partial charge in [-0.2, -0.15) is 0 Å². The molecule has 1 unspecified atom stereocenters. The number of carbonyl (C=O) groups excluding carboxylic acids is 1.